The Hall–Kier alpha value is -3.03. The summed E-state index contributed by atoms with van der Waals surface area (Å²) in [5.41, 5.74) is 5.04. The van der Waals surface area contributed by atoms with Gasteiger partial charge in [0.1, 0.15) is 17.7 Å². The summed E-state index contributed by atoms with van der Waals surface area (Å²) in [4.78, 5) is 26.6. The molecule has 3 rings (SSSR count). The Balaban J connectivity index is 0.000000440. The van der Waals surface area contributed by atoms with Crippen LogP contribution in [0.5, 0.6) is 5.75 Å². The second kappa shape index (κ2) is 11.9. The molecular weight excluding hydrogens is 477 g/mol. The quantitative estimate of drug-likeness (QED) is 0.284. The number of carboxylic acids is 1. The van der Waals surface area contributed by atoms with Crippen molar-refractivity contribution in [2.45, 2.75) is 31.5 Å². The van der Waals surface area contributed by atoms with Gasteiger partial charge in [0.05, 0.1) is 54.2 Å². The van der Waals surface area contributed by atoms with Crippen LogP contribution in [-0.4, -0.2) is 61.3 Å². The van der Waals surface area contributed by atoms with E-state index in [9.17, 15) is 14.0 Å². The van der Waals surface area contributed by atoms with Crippen molar-refractivity contribution in [1.82, 2.24) is 9.55 Å². The zero-order valence-corrected chi connectivity index (χ0v) is 18.9. The number of benzene rings is 1. The first-order chi connectivity index (χ1) is 16.0. The summed E-state index contributed by atoms with van der Waals surface area (Å²) in [6.07, 6.45) is 0.339. The van der Waals surface area contributed by atoms with Gasteiger partial charge in [0.2, 0.25) is 0 Å². The molecule has 0 bridgehead atoms. The zero-order chi connectivity index (χ0) is 25.5. The first kappa shape index (κ1) is 27.2. The van der Waals surface area contributed by atoms with E-state index in [0.717, 1.165) is 6.20 Å². The van der Waals surface area contributed by atoms with Gasteiger partial charge in [-0.15, -0.1) is 0 Å². The lowest BCUT2D eigenvalue weighted by atomic mass is 10.1. The molecular formula is C21H25ClFN3O8. The second-order valence-corrected chi connectivity index (χ2v) is 7.82. The van der Waals surface area contributed by atoms with E-state index in [2.05, 4.69) is 4.98 Å². The van der Waals surface area contributed by atoms with Crippen LogP contribution < -0.4 is 16.2 Å². The van der Waals surface area contributed by atoms with E-state index in [0.29, 0.717) is 11.2 Å². The van der Waals surface area contributed by atoms with Crippen LogP contribution in [0.4, 0.5) is 4.39 Å². The molecule has 1 atom stereocenters. The number of aromatic nitrogens is 2. The average Bonchev–Trinajstić information content (AvgIpc) is 3.11. The van der Waals surface area contributed by atoms with Gasteiger partial charge in [0.15, 0.2) is 5.58 Å². The Morgan fingerprint density at radius 1 is 1.29 bits per heavy atom. The number of aliphatic carboxylic acids is 1. The Labute approximate surface area is 197 Å². The number of aliphatic hydroxyl groups excluding tert-OH is 3. The van der Waals surface area contributed by atoms with E-state index in [1.165, 1.54) is 28.8 Å². The first-order valence-corrected chi connectivity index (χ1v) is 10.4. The summed E-state index contributed by atoms with van der Waals surface area (Å²) in [6.45, 7) is 0.475. The largest absolute Gasteiger partial charge is 0.483 e. The van der Waals surface area contributed by atoms with Crippen LogP contribution >= 0.6 is 11.6 Å². The molecule has 6 N–H and O–H groups in total. The highest BCUT2D eigenvalue weighted by Gasteiger charge is 2.21. The van der Waals surface area contributed by atoms with E-state index in [1.807, 2.05) is 0 Å². The molecule has 1 aromatic carbocycles. The third-order valence-electron chi connectivity index (χ3n) is 4.69. The molecule has 2 aromatic heterocycles. The van der Waals surface area contributed by atoms with Crippen molar-refractivity contribution in [3.8, 4) is 5.75 Å². The molecule has 0 aliphatic heterocycles. The van der Waals surface area contributed by atoms with Crippen molar-refractivity contribution < 1.29 is 38.8 Å². The number of pyridine rings is 1. The van der Waals surface area contributed by atoms with E-state index >= 15 is 0 Å². The average molecular weight is 502 g/mol. The summed E-state index contributed by atoms with van der Waals surface area (Å²) >= 11 is 6.23. The molecule has 0 fully saturated rings. The van der Waals surface area contributed by atoms with Gasteiger partial charge in [0, 0.05) is 12.6 Å². The lowest BCUT2D eigenvalue weighted by molar-refractivity contribution is -0.137. The number of oxazole rings is 1. The SMILES string of the molecule is C[C@@H](Oc1cc2oc(=O)n(CCC(=O)O)c2cc1Cl)c1ccc(F)cn1.NC(CO)(CO)CO. The fourth-order valence-corrected chi connectivity index (χ4v) is 2.80. The number of aryl methyl sites for hydroxylation is 1. The van der Waals surface area contributed by atoms with Gasteiger partial charge in [-0.2, -0.15) is 0 Å². The molecule has 13 heteroatoms. The maximum Gasteiger partial charge on any atom is 0.419 e. The molecule has 11 nitrogen and oxygen atoms in total. The molecule has 0 amide bonds. The second-order valence-electron chi connectivity index (χ2n) is 7.41. The number of rotatable bonds is 9. The minimum atomic E-state index is -1.21. The van der Waals surface area contributed by atoms with Crippen molar-refractivity contribution in [2.24, 2.45) is 5.73 Å². The topological polar surface area (TPSA) is 181 Å². The number of aliphatic hydroxyl groups is 3. The van der Waals surface area contributed by atoms with E-state index in [-0.39, 0.29) is 29.3 Å². The zero-order valence-electron chi connectivity index (χ0n) is 18.1. The molecule has 0 saturated carbocycles. The van der Waals surface area contributed by atoms with Gasteiger partial charge in [-0.1, -0.05) is 11.6 Å². The monoisotopic (exact) mass is 501 g/mol. The fourth-order valence-electron chi connectivity index (χ4n) is 2.60. The predicted octanol–water partition coefficient (Wildman–Crippen LogP) is 1.06. The number of carboxylic acid groups (broad SMARTS) is 1. The predicted molar refractivity (Wildman–Crippen MR) is 119 cm³/mol. The van der Waals surface area contributed by atoms with E-state index < -0.39 is 49.0 Å². The normalized spacial score (nSPS) is 12.2. The van der Waals surface area contributed by atoms with Crippen LogP contribution in [-0.2, 0) is 11.3 Å². The lowest BCUT2D eigenvalue weighted by Gasteiger charge is -2.20. The number of fused-ring (bicyclic) bond motifs is 1. The summed E-state index contributed by atoms with van der Waals surface area (Å²) in [7, 11) is 0. The van der Waals surface area contributed by atoms with Gasteiger partial charge >= 0.3 is 11.7 Å². The Morgan fingerprint density at radius 3 is 2.44 bits per heavy atom. The minimum Gasteiger partial charge on any atom is -0.483 e. The lowest BCUT2D eigenvalue weighted by Crippen LogP contribution is -2.50. The van der Waals surface area contributed by atoms with Crippen LogP contribution in [0.25, 0.3) is 11.1 Å². The van der Waals surface area contributed by atoms with Crippen LogP contribution in [0.3, 0.4) is 0 Å². The van der Waals surface area contributed by atoms with Crippen molar-refractivity contribution in [2.75, 3.05) is 19.8 Å². The van der Waals surface area contributed by atoms with Gasteiger partial charge in [-0.3, -0.25) is 14.3 Å². The van der Waals surface area contributed by atoms with Crippen LogP contribution in [0.15, 0.2) is 39.7 Å². The number of carbonyl (C=O) groups is 1. The highest BCUT2D eigenvalue weighted by Crippen LogP contribution is 2.33. The van der Waals surface area contributed by atoms with Crippen LogP contribution in [0, 0.1) is 5.82 Å². The molecule has 0 unspecified atom stereocenters. The number of hydrogen-bond donors (Lipinski definition) is 5. The molecule has 2 heterocycles. The Bertz CT molecular complexity index is 1150. The number of hydrogen-bond acceptors (Lipinski definition) is 9. The Morgan fingerprint density at radius 2 is 1.94 bits per heavy atom. The molecule has 186 valence electrons. The molecule has 34 heavy (non-hydrogen) atoms. The molecule has 0 saturated heterocycles. The Kier molecular flexibility index (Phi) is 9.53. The van der Waals surface area contributed by atoms with Gasteiger partial charge in [-0.25, -0.2) is 9.18 Å². The van der Waals surface area contributed by atoms with Crippen molar-refractivity contribution in [3.63, 3.8) is 0 Å². The number of nitrogens with zero attached hydrogens (tertiary/aromatic N) is 2. The smallest absolute Gasteiger partial charge is 0.419 e. The maximum absolute atomic E-state index is 13.0. The number of ether oxygens (including phenoxy) is 1. The molecule has 0 spiro atoms. The summed E-state index contributed by atoms with van der Waals surface area (Å²) in [6, 6.07) is 5.70. The van der Waals surface area contributed by atoms with Gasteiger partial charge in [0.25, 0.3) is 0 Å². The fraction of sp³-hybridized carbons (Fsp3) is 0.381. The van der Waals surface area contributed by atoms with E-state index in [1.54, 1.807) is 6.92 Å². The van der Waals surface area contributed by atoms with Crippen molar-refractivity contribution >= 4 is 28.7 Å². The highest BCUT2D eigenvalue weighted by molar-refractivity contribution is 6.32. The van der Waals surface area contributed by atoms with Crippen LogP contribution in [0.1, 0.15) is 25.1 Å². The molecule has 0 aliphatic carbocycles. The third kappa shape index (κ3) is 6.98. The first-order valence-electron chi connectivity index (χ1n) is 9.97. The minimum absolute atomic E-state index is 0.0341. The van der Waals surface area contributed by atoms with Crippen molar-refractivity contribution in [1.29, 1.82) is 0 Å². The molecule has 0 radical (unpaired) electrons. The van der Waals surface area contributed by atoms with Crippen LogP contribution in [0.2, 0.25) is 5.02 Å². The standard InChI is InChI=1S/C17H14ClFN2O5.C4H11NO3/c1-9(12-3-2-10(19)8-20-12)25-14-7-15-13(6-11(14)18)21(17(24)26-15)5-4-16(22)23;5-4(1-6,2-7)3-8/h2-3,6-9H,4-5H2,1H3,(H,22,23);6-8H,1-3,5H2/t9-;/m1./s1. The number of halogens is 2. The summed E-state index contributed by atoms with van der Waals surface area (Å²) in [5, 5.41) is 34.0. The molecule has 3 aromatic rings. The van der Waals surface area contributed by atoms with Gasteiger partial charge < -0.3 is 35.3 Å². The van der Waals surface area contributed by atoms with Crippen molar-refractivity contribution in [3.05, 3.63) is 57.5 Å². The molecule has 0 aliphatic rings. The van der Waals surface area contributed by atoms with Gasteiger partial charge in [-0.05, 0) is 25.1 Å². The highest BCUT2D eigenvalue weighted by atomic mass is 35.5. The summed E-state index contributed by atoms with van der Waals surface area (Å²) < 4.78 is 25.0. The number of nitrogens with two attached hydrogens (primary N) is 1. The maximum atomic E-state index is 13.0. The van der Waals surface area contributed by atoms with E-state index in [4.69, 9.17) is 46.9 Å². The third-order valence-corrected chi connectivity index (χ3v) is 4.98. The summed E-state index contributed by atoms with van der Waals surface area (Å²) in [5.74, 6) is -1.90.